The molecule has 0 aliphatic carbocycles. The van der Waals surface area contributed by atoms with Crippen LogP contribution in [0.4, 0.5) is 11.8 Å². The standard InChI is InChI=1S/C25H31N9O3S/c1-4-5-6-17-7-8-18(38-17)21-30-22-20(23(31-21)34-9-11-36-12-10-34)29-19(33(22)3)15-32(2)25-27-13-16(14-28-25)24(35)37-26/h7-8,13-14H,4-6,9-12,15,26H2,1-3H3. The maximum Gasteiger partial charge on any atom is 0.359 e. The average Bonchev–Trinajstić information content (AvgIpc) is 3.56. The number of nitrogens with zero attached hydrogens (tertiary/aromatic N) is 8. The van der Waals surface area contributed by atoms with Gasteiger partial charge in [0.25, 0.3) is 0 Å². The van der Waals surface area contributed by atoms with Gasteiger partial charge in [-0.1, -0.05) is 13.3 Å². The summed E-state index contributed by atoms with van der Waals surface area (Å²) in [5.41, 5.74) is 1.70. The van der Waals surface area contributed by atoms with Crippen molar-refractivity contribution in [3.63, 3.8) is 0 Å². The smallest absolute Gasteiger partial charge is 0.359 e. The third-order valence-corrected chi connectivity index (χ3v) is 7.60. The molecule has 0 saturated carbocycles. The highest BCUT2D eigenvalue weighted by molar-refractivity contribution is 7.15. The Morgan fingerprint density at radius 2 is 1.95 bits per heavy atom. The van der Waals surface area contributed by atoms with Crippen molar-refractivity contribution in [2.24, 2.45) is 12.9 Å². The van der Waals surface area contributed by atoms with E-state index < -0.39 is 5.97 Å². The molecule has 0 spiro atoms. The number of aryl methyl sites for hydroxylation is 2. The second kappa shape index (κ2) is 11.4. The molecule has 2 N–H and O–H groups in total. The van der Waals surface area contributed by atoms with Gasteiger partial charge in [0.05, 0.1) is 30.2 Å². The molecule has 12 nitrogen and oxygen atoms in total. The normalized spacial score (nSPS) is 13.7. The fourth-order valence-corrected chi connectivity index (χ4v) is 5.28. The number of ether oxygens (including phenoxy) is 1. The highest BCUT2D eigenvalue weighted by Gasteiger charge is 2.24. The Balaban J connectivity index is 1.49. The zero-order chi connectivity index (χ0) is 26.6. The van der Waals surface area contributed by atoms with E-state index >= 15 is 0 Å². The molecule has 200 valence electrons. The number of aromatic nitrogens is 6. The van der Waals surface area contributed by atoms with Crippen LogP contribution in [0, 0.1) is 0 Å². The van der Waals surface area contributed by atoms with Gasteiger partial charge in [0.2, 0.25) is 5.95 Å². The number of rotatable bonds is 9. The van der Waals surface area contributed by atoms with Crippen LogP contribution in [0.1, 0.15) is 40.8 Å². The third kappa shape index (κ3) is 5.30. The SMILES string of the molecule is CCCCc1ccc(-c2nc(N3CCOCC3)c3nc(CN(C)c4ncc(C(=O)ON)cn4)n(C)c3n2)s1. The molecule has 1 saturated heterocycles. The summed E-state index contributed by atoms with van der Waals surface area (Å²) in [6, 6.07) is 4.30. The van der Waals surface area contributed by atoms with Crippen molar-refractivity contribution in [1.29, 1.82) is 0 Å². The van der Waals surface area contributed by atoms with E-state index in [1.807, 2.05) is 23.6 Å². The molecule has 38 heavy (non-hydrogen) atoms. The molecule has 5 heterocycles. The van der Waals surface area contributed by atoms with Gasteiger partial charge >= 0.3 is 5.97 Å². The number of unbranched alkanes of at least 4 members (excludes halogenated alkanes) is 1. The van der Waals surface area contributed by atoms with Gasteiger partial charge < -0.3 is 23.9 Å². The van der Waals surface area contributed by atoms with Gasteiger partial charge in [0.1, 0.15) is 5.82 Å². The summed E-state index contributed by atoms with van der Waals surface area (Å²) in [5, 5.41) is 0. The van der Waals surface area contributed by atoms with Crippen LogP contribution >= 0.6 is 11.3 Å². The van der Waals surface area contributed by atoms with E-state index in [0.717, 1.165) is 47.2 Å². The number of nitrogens with two attached hydrogens (primary N) is 1. The van der Waals surface area contributed by atoms with Crippen molar-refractivity contribution < 1.29 is 14.4 Å². The summed E-state index contributed by atoms with van der Waals surface area (Å²) >= 11 is 1.75. The summed E-state index contributed by atoms with van der Waals surface area (Å²) in [6.07, 6.45) is 6.16. The van der Waals surface area contributed by atoms with Crippen LogP contribution in [0.3, 0.4) is 0 Å². The summed E-state index contributed by atoms with van der Waals surface area (Å²) < 4.78 is 7.58. The number of thiophene rings is 1. The van der Waals surface area contributed by atoms with Crippen molar-refractivity contribution in [2.75, 3.05) is 43.2 Å². The first-order valence-corrected chi connectivity index (χ1v) is 13.4. The first-order chi connectivity index (χ1) is 18.5. The molecular formula is C25H31N9O3S. The minimum atomic E-state index is -0.692. The number of imidazole rings is 1. The van der Waals surface area contributed by atoms with E-state index in [1.165, 1.54) is 30.1 Å². The number of carbonyl (C=O) groups excluding carboxylic acids is 1. The fourth-order valence-electron chi connectivity index (χ4n) is 4.30. The first kappa shape index (κ1) is 25.9. The zero-order valence-electron chi connectivity index (χ0n) is 21.8. The molecule has 1 fully saturated rings. The predicted molar refractivity (Wildman–Crippen MR) is 145 cm³/mol. The molecular weight excluding hydrogens is 506 g/mol. The Kier molecular flexibility index (Phi) is 7.77. The van der Waals surface area contributed by atoms with Gasteiger partial charge in [-0.15, -0.1) is 11.3 Å². The lowest BCUT2D eigenvalue weighted by atomic mass is 10.2. The Bertz CT molecular complexity index is 1410. The van der Waals surface area contributed by atoms with Crippen LogP contribution < -0.4 is 15.7 Å². The van der Waals surface area contributed by atoms with Crippen molar-refractivity contribution in [3.05, 3.63) is 40.8 Å². The summed E-state index contributed by atoms with van der Waals surface area (Å²) in [5.74, 6) is 7.00. The maximum atomic E-state index is 11.6. The van der Waals surface area contributed by atoms with Crippen molar-refractivity contribution in [1.82, 2.24) is 29.5 Å². The number of carbonyl (C=O) groups is 1. The highest BCUT2D eigenvalue weighted by atomic mass is 32.1. The number of fused-ring (bicyclic) bond motifs is 1. The third-order valence-electron chi connectivity index (χ3n) is 6.46. The van der Waals surface area contributed by atoms with E-state index in [-0.39, 0.29) is 5.56 Å². The quantitative estimate of drug-likeness (QED) is 0.315. The molecule has 4 aromatic heterocycles. The lowest BCUT2D eigenvalue weighted by molar-refractivity contribution is 0.0502. The van der Waals surface area contributed by atoms with E-state index in [1.54, 1.807) is 11.3 Å². The number of hydrogen-bond acceptors (Lipinski definition) is 12. The molecule has 0 unspecified atom stereocenters. The fraction of sp³-hybridized carbons (Fsp3) is 0.440. The summed E-state index contributed by atoms with van der Waals surface area (Å²) in [6.45, 7) is 5.41. The van der Waals surface area contributed by atoms with Crippen LogP contribution in [0.2, 0.25) is 0 Å². The molecule has 0 bridgehead atoms. The maximum absolute atomic E-state index is 11.6. The average molecular weight is 538 g/mol. The molecule has 1 aliphatic rings. The Morgan fingerprint density at radius 1 is 1.18 bits per heavy atom. The van der Waals surface area contributed by atoms with Crippen molar-refractivity contribution >= 4 is 40.2 Å². The summed E-state index contributed by atoms with van der Waals surface area (Å²) in [4.78, 5) is 45.8. The Hall–Kier alpha value is -3.68. The van der Waals surface area contributed by atoms with Gasteiger partial charge in [0, 0.05) is 44.5 Å². The van der Waals surface area contributed by atoms with Crippen molar-refractivity contribution in [2.45, 2.75) is 32.7 Å². The van der Waals surface area contributed by atoms with Crippen LogP contribution in [0.15, 0.2) is 24.5 Å². The highest BCUT2D eigenvalue weighted by Crippen LogP contribution is 2.32. The Morgan fingerprint density at radius 3 is 2.66 bits per heavy atom. The Labute approximate surface area is 224 Å². The molecule has 0 amide bonds. The molecule has 0 aromatic carbocycles. The predicted octanol–water partition coefficient (Wildman–Crippen LogP) is 2.73. The van der Waals surface area contributed by atoms with Gasteiger partial charge in [0.15, 0.2) is 22.8 Å². The number of hydrogen-bond donors (Lipinski definition) is 1. The molecule has 0 atom stereocenters. The largest absolute Gasteiger partial charge is 0.378 e. The molecule has 5 rings (SSSR count). The van der Waals surface area contributed by atoms with Gasteiger partial charge in [-0.25, -0.2) is 29.7 Å². The van der Waals surface area contributed by atoms with Crippen LogP contribution in [0.25, 0.3) is 21.9 Å². The topological polar surface area (TPSA) is 137 Å². The lowest BCUT2D eigenvalue weighted by Gasteiger charge is -2.28. The minimum absolute atomic E-state index is 0.178. The van der Waals surface area contributed by atoms with Gasteiger partial charge in [-0.2, -0.15) is 5.90 Å². The van der Waals surface area contributed by atoms with Gasteiger partial charge in [-0.3, -0.25) is 0 Å². The van der Waals surface area contributed by atoms with Gasteiger partial charge in [-0.05, 0) is 25.0 Å². The van der Waals surface area contributed by atoms with E-state index in [2.05, 4.69) is 38.8 Å². The molecule has 1 aliphatic heterocycles. The minimum Gasteiger partial charge on any atom is -0.378 e. The first-order valence-electron chi connectivity index (χ1n) is 12.6. The molecule has 4 aromatic rings. The lowest BCUT2D eigenvalue weighted by Crippen LogP contribution is -2.37. The van der Waals surface area contributed by atoms with E-state index in [9.17, 15) is 4.79 Å². The van der Waals surface area contributed by atoms with Crippen molar-refractivity contribution in [3.8, 4) is 10.7 Å². The monoisotopic (exact) mass is 537 g/mol. The summed E-state index contributed by atoms with van der Waals surface area (Å²) in [7, 11) is 3.82. The van der Waals surface area contributed by atoms with E-state index in [4.69, 9.17) is 25.6 Å². The van der Waals surface area contributed by atoms with Crippen LogP contribution in [-0.4, -0.2) is 68.8 Å². The molecule has 13 heteroatoms. The van der Waals surface area contributed by atoms with Crippen LogP contribution in [0.5, 0.6) is 0 Å². The number of anilines is 2. The van der Waals surface area contributed by atoms with Crippen LogP contribution in [-0.2, 0) is 29.6 Å². The number of morpholine rings is 1. The molecule has 0 radical (unpaired) electrons. The second-order valence-electron chi connectivity index (χ2n) is 9.13. The second-order valence-corrected chi connectivity index (χ2v) is 10.3. The van der Waals surface area contributed by atoms with E-state index in [0.29, 0.717) is 31.5 Å². The zero-order valence-corrected chi connectivity index (χ0v) is 22.6.